The van der Waals surface area contributed by atoms with Gasteiger partial charge in [0.2, 0.25) is 0 Å². The third kappa shape index (κ3) is 1.17. The van der Waals surface area contributed by atoms with Gasteiger partial charge in [-0.3, -0.25) is 4.79 Å². The van der Waals surface area contributed by atoms with Gasteiger partial charge in [-0.05, 0) is 12.1 Å². The number of carbonyl (C=O) groups is 1. The molecule has 0 unspecified atom stereocenters. The molecule has 72 valence electrons. The third-order valence-corrected chi connectivity index (χ3v) is 2.44. The number of aldehydes is 1. The van der Waals surface area contributed by atoms with Crippen molar-refractivity contribution in [1.82, 2.24) is 4.98 Å². The molecule has 0 radical (unpaired) electrons. The molecule has 2 aromatic rings. The lowest BCUT2D eigenvalue weighted by molar-refractivity contribution is 0.112. The van der Waals surface area contributed by atoms with E-state index in [1.54, 1.807) is 25.4 Å². The number of hydrogen-bond acceptors (Lipinski definition) is 2. The fraction of sp³-hybridized carbons (Fsp3) is 0.100. The Morgan fingerprint density at radius 3 is 2.93 bits per heavy atom. The van der Waals surface area contributed by atoms with Crippen molar-refractivity contribution in [2.75, 3.05) is 7.11 Å². The van der Waals surface area contributed by atoms with Crippen molar-refractivity contribution in [3.8, 4) is 5.75 Å². The zero-order valence-corrected chi connectivity index (χ0v) is 8.26. The van der Waals surface area contributed by atoms with Gasteiger partial charge in [0, 0.05) is 17.1 Å². The van der Waals surface area contributed by atoms with Crippen LogP contribution in [0.4, 0.5) is 0 Å². The maximum absolute atomic E-state index is 10.7. The van der Waals surface area contributed by atoms with Gasteiger partial charge in [-0.15, -0.1) is 0 Å². The zero-order valence-electron chi connectivity index (χ0n) is 7.50. The van der Waals surface area contributed by atoms with Crippen LogP contribution in [0.25, 0.3) is 10.9 Å². The van der Waals surface area contributed by atoms with E-state index in [4.69, 9.17) is 16.3 Å². The number of fused-ring (bicyclic) bond motifs is 1. The van der Waals surface area contributed by atoms with Gasteiger partial charge in [0.1, 0.15) is 5.75 Å². The Kier molecular flexibility index (Phi) is 2.17. The van der Waals surface area contributed by atoms with Crippen LogP contribution in [0.15, 0.2) is 18.3 Å². The number of H-pyrrole nitrogens is 1. The van der Waals surface area contributed by atoms with Gasteiger partial charge in [-0.2, -0.15) is 0 Å². The smallest absolute Gasteiger partial charge is 0.152 e. The summed E-state index contributed by atoms with van der Waals surface area (Å²) in [6.07, 6.45) is 2.39. The maximum atomic E-state index is 10.7. The average molecular weight is 210 g/mol. The van der Waals surface area contributed by atoms with Crippen molar-refractivity contribution in [1.29, 1.82) is 0 Å². The van der Waals surface area contributed by atoms with Crippen LogP contribution in [-0.2, 0) is 0 Å². The summed E-state index contributed by atoms with van der Waals surface area (Å²) < 4.78 is 5.13. The molecule has 4 heteroatoms. The van der Waals surface area contributed by atoms with Crippen LogP contribution < -0.4 is 4.74 Å². The Labute approximate surface area is 85.6 Å². The van der Waals surface area contributed by atoms with E-state index < -0.39 is 0 Å². The Morgan fingerprint density at radius 2 is 2.29 bits per heavy atom. The number of halogens is 1. The number of rotatable bonds is 2. The molecule has 0 atom stereocenters. The second kappa shape index (κ2) is 3.35. The first-order valence-corrected chi connectivity index (χ1v) is 4.44. The van der Waals surface area contributed by atoms with E-state index in [0.29, 0.717) is 21.7 Å². The van der Waals surface area contributed by atoms with Crippen molar-refractivity contribution in [2.24, 2.45) is 0 Å². The second-order valence-corrected chi connectivity index (χ2v) is 3.27. The molecule has 1 aromatic heterocycles. The van der Waals surface area contributed by atoms with Gasteiger partial charge in [0.15, 0.2) is 6.29 Å². The number of hydrogen-bond donors (Lipinski definition) is 1. The van der Waals surface area contributed by atoms with Crippen LogP contribution in [0.2, 0.25) is 5.02 Å². The number of methoxy groups -OCH3 is 1. The highest BCUT2D eigenvalue weighted by Crippen LogP contribution is 2.32. The molecule has 14 heavy (non-hydrogen) atoms. The molecule has 1 heterocycles. The Morgan fingerprint density at radius 1 is 1.50 bits per heavy atom. The molecule has 3 nitrogen and oxygen atoms in total. The summed E-state index contributed by atoms with van der Waals surface area (Å²) in [5.41, 5.74) is 1.30. The molecule has 1 aromatic carbocycles. The fourth-order valence-corrected chi connectivity index (χ4v) is 1.74. The summed E-state index contributed by atoms with van der Waals surface area (Å²) in [7, 11) is 1.57. The minimum absolute atomic E-state index is 0.545. The van der Waals surface area contributed by atoms with Crippen molar-refractivity contribution >= 4 is 28.8 Å². The van der Waals surface area contributed by atoms with Crippen molar-refractivity contribution in [3.05, 3.63) is 28.9 Å². The summed E-state index contributed by atoms with van der Waals surface area (Å²) in [6, 6.07) is 3.47. The molecule has 0 aliphatic carbocycles. The lowest BCUT2D eigenvalue weighted by atomic mass is 10.2. The van der Waals surface area contributed by atoms with Crippen LogP contribution in [0, 0.1) is 0 Å². The summed E-state index contributed by atoms with van der Waals surface area (Å²) in [4.78, 5) is 13.7. The Bertz CT molecular complexity index is 490. The van der Waals surface area contributed by atoms with E-state index in [0.717, 1.165) is 11.8 Å². The topological polar surface area (TPSA) is 42.1 Å². The quantitative estimate of drug-likeness (QED) is 0.773. The van der Waals surface area contributed by atoms with Crippen LogP contribution >= 0.6 is 11.6 Å². The number of aromatic nitrogens is 1. The molecule has 0 spiro atoms. The minimum Gasteiger partial charge on any atom is -0.495 e. The molecular formula is C10H8ClNO2. The lowest BCUT2D eigenvalue weighted by Gasteiger charge is -2.02. The number of benzene rings is 1. The largest absolute Gasteiger partial charge is 0.495 e. The molecule has 0 aliphatic rings. The first-order chi connectivity index (χ1) is 6.77. The molecule has 0 aliphatic heterocycles. The standard InChI is InChI=1S/C10H8ClNO2/c1-14-8-3-2-7(11)9-6(5-13)4-12-10(8)9/h2-5,12H,1H3. The van der Waals surface area contributed by atoms with E-state index in [1.807, 2.05) is 0 Å². The summed E-state index contributed by atoms with van der Waals surface area (Å²) in [5.74, 6) is 0.678. The number of aromatic amines is 1. The van der Waals surface area contributed by atoms with E-state index in [1.165, 1.54) is 0 Å². The third-order valence-electron chi connectivity index (χ3n) is 2.12. The summed E-state index contributed by atoms with van der Waals surface area (Å²) >= 11 is 5.98. The zero-order chi connectivity index (χ0) is 10.1. The number of carbonyl (C=O) groups excluding carboxylic acids is 1. The number of nitrogens with one attached hydrogen (secondary N) is 1. The van der Waals surface area contributed by atoms with E-state index in [9.17, 15) is 4.79 Å². The summed E-state index contributed by atoms with van der Waals surface area (Å²) in [6.45, 7) is 0. The Balaban J connectivity index is 2.86. The van der Waals surface area contributed by atoms with Crippen molar-refractivity contribution in [2.45, 2.75) is 0 Å². The normalized spacial score (nSPS) is 10.4. The van der Waals surface area contributed by atoms with E-state index in [2.05, 4.69) is 4.98 Å². The van der Waals surface area contributed by atoms with Crippen LogP contribution in [0.3, 0.4) is 0 Å². The van der Waals surface area contributed by atoms with Crippen LogP contribution in [0.5, 0.6) is 5.75 Å². The predicted molar refractivity (Wildman–Crippen MR) is 55.2 cm³/mol. The van der Waals surface area contributed by atoms with Gasteiger partial charge in [-0.1, -0.05) is 11.6 Å². The molecule has 0 saturated carbocycles. The van der Waals surface area contributed by atoms with Gasteiger partial charge in [0.25, 0.3) is 0 Å². The van der Waals surface area contributed by atoms with Crippen LogP contribution in [-0.4, -0.2) is 18.4 Å². The highest BCUT2D eigenvalue weighted by Gasteiger charge is 2.10. The van der Waals surface area contributed by atoms with Gasteiger partial charge in [-0.25, -0.2) is 0 Å². The molecule has 0 bridgehead atoms. The molecule has 2 rings (SSSR count). The average Bonchev–Trinajstić information content (AvgIpc) is 2.63. The predicted octanol–water partition coefficient (Wildman–Crippen LogP) is 2.64. The molecule has 0 fully saturated rings. The molecule has 0 saturated heterocycles. The summed E-state index contributed by atoms with van der Waals surface area (Å²) in [5, 5.41) is 1.25. The SMILES string of the molecule is COc1ccc(Cl)c2c(C=O)c[nH]c12. The fourth-order valence-electron chi connectivity index (χ4n) is 1.47. The second-order valence-electron chi connectivity index (χ2n) is 2.86. The van der Waals surface area contributed by atoms with Gasteiger partial charge >= 0.3 is 0 Å². The van der Waals surface area contributed by atoms with Crippen molar-refractivity contribution in [3.63, 3.8) is 0 Å². The van der Waals surface area contributed by atoms with Crippen molar-refractivity contribution < 1.29 is 9.53 Å². The van der Waals surface area contributed by atoms with E-state index in [-0.39, 0.29) is 0 Å². The molecular weight excluding hydrogens is 202 g/mol. The first-order valence-electron chi connectivity index (χ1n) is 4.06. The molecule has 1 N–H and O–H groups in total. The highest BCUT2D eigenvalue weighted by molar-refractivity contribution is 6.36. The van der Waals surface area contributed by atoms with E-state index >= 15 is 0 Å². The highest BCUT2D eigenvalue weighted by atomic mass is 35.5. The number of ether oxygens (including phenoxy) is 1. The minimum atomic E-state index is 0.545. The monoisotopic (exact) mass is 209 g/mol. The molecule has 0 amide bonds. The first kappa shape index (κ1) is 9.09. The van der Waals surface area contributed by atoms with Gasteiger partial charge < -0.3 is 9.72 Å². The maximum Gasteiger partial charge on any atom is 0.152 e. The Hall–Kier alpha value is -1.48. The van der Waals surface area contributed by atoms with Crippen LogP contribution in [0.1, 0.15) is 10.4 Å². The lowest BCUT2D eigenvalue weighted by Crippen LogP contribution is -1.84. The van der Waals surface area contributed by atoms with Gasteiger partial charge in [0.05, 0.1) is 17.6 Å².